The van der Waals surface area contributed by atoms with Crippen molar-refractivity contribution in [1.29, 1.82) is 0 Å². The Bertz CT molecular complexity index is 499. The number of fused-ring (bicyclic) bond motifs is 1. The molecule has 5 nitrogen and oxygen atoms in total. The summed E-state index contributed by atoms with van der Waals surface area (Å²) in [5.74, 6) is 0. The van der Waals surface area contributed by atoms with Gasteiger partial charge in [-0.25, -0.2) is 0 Å². The highest BCUT2D eigenvalue weighted by molar-refractivity contribution is 5.90. The summed E-state index contributed by atoms with van der Waals surface area (Å²) in [5.41, 5.74) is 1.92. The van der Waals surface area contributed by atoms with Gasteiger partial charge in [0.1, 0.15) is 0 Å². The molecule has 0 bridgehead atoms. The summed E-state index contributed by atoms with van der Waals surface area (Å²) in [6.45, 7) is 1.76. The van der Waals surface area contributed by atoms with Crippen molar-refractivity contribution in [3.8, 4) is 0 Å². The van der Waals surface area contributed by atoms with Gasteiger partial charge in [-0.15, -0.1) is 0 Å². The molecule has 5 heteroatoms. The van der Waals surface area contributed by atoms with Gasteiger partial charge in [-0.2, -0.15) is 10.2 Å². The highest BCUT2D eigenvalue weighted by Crippen LogP contribution is 2.22. The minimum absolute atomic E-state index is 0.0590. The van der Waals surface area contributed by atoms with Gasteiger partial charge in [0.2, 0.25) is 0 Å². The van der Waals surface area contributed by atoms with E-state index in [1.54, 1.807) is 6.20 Å². The maximum atomic E-state index is 8.63. The number of ether oxygens (including phenoxy) is 1. The topological polar surface area (TPSA) is 58.5 Å². The zero-order valence-electron chi connectivity index (χ0n) is 10.4. The maximum absolute atomic E-state index is 8.63. The lowest BCUT2D eigenvalue weighted by molar-refractivity contribution is 0.0971. The number of anilines is 1. The zero-order chi connectivity index (χ0) is 12.8. The molecule has 1 N–H and O–H groups in total. The molecule has 1 heterocycles. The van der Waals surface area contributed by atoms with E-state index in [0.717, 1.165) is 23.1 Å². The van der Waals surface area contributed by atoms with Crippen LogP contribution in [0.4, 0.5) is 5.69 Å². The first-order valence-corrected chi connectivity index (χ1v) is 5.93. The number of likely N-dealkylation sites (N-methyl/N-ethyl adjacent to an activating group) is 1. The van der Waals surface area contributed by atoms with Gasteiger partial charge in [0.15, 0.2) is 0 Å². The summed E-state index contributed by atoms with van der Waals surface area (Å²) in [4.78, 5) is 2.08. The Morgan fingerprint density at radius 1 is 1.28 bits per heavy atom. The molecular formula is C13H17N3O2. The number of aliphatic hydroxyl groups is 1. The summed E-state index contributed by atoms with van der Waals surface area (Å²) in [6.07, 6.45) is 1.76. The molecule has 0 aliphatic rings. The van der Waals surface area contributed by atoms with Crippen LogP contribution in [-0.4, -0.2) is 48.7 Å². The first-order valence-electron chi connectivity index (χ1n) is 5.93. The van der Waals surface area contributed by atoms with Gasteiger partial charge >= 0.3 is 0 Å². The number of aromatic nitrogens is 2. The first kappa shape index (κ1) is 12.7. The Kier molecular flexibility index (Phi) is 4.44. The third kappa shape index (κ3) is 2.94. The molecular weight excluding hydrogens is 230 g/mol. The van der Waals surface area contributed by atoms with E-state index in [1.807, 2.05) is 31.3 Å². The molecule has 0 aliphatic carbocycles. The Balaban J connectivity index is 2.10. The Labute approximate surface area is 106 Å². The van der Waals surface area contributed by atoms with Gasteiger partial charge in [0, 0.05) is 19.0 Å². The van der Waals surface area contributed by atoms with Gasteiger partial charge in [0.05, 0.1) is 37.2 Å². The van der Waals surface area contributed by atoms with Crippen LogP contribution < -0.4 is 4.90 Å². The lowest BCUT2D eigenvalue weighted by Crippen LogP contribution is -2.23. The van der Waals surface area contributed by atoms with E-state index in [0.29, 0.717) is 13.2 Å². The molecule has 0 aliphatic heterocycles. The molecule has 18 heavy (non-hydrogen) atoms. The molecule has 96 valence electrons. The van der Waals surface area contributed by atoms with Crippen molar-refractivity contribution in [2.24, 2.45) is 0 Å². The molecule has 0 amide bonds. The average Bonchev–Trinajstić information content (AvgIpc) is 2.43. The smallest absolute Gasteiger partial charge is 0.0950 e. The number of rotatable bonds is 6. The van der Waals surface area contributed by atoms with Crippen molar-refractivity contribution < 1.29 is 9.84 Å². The van der Waals surface area contributed by atoms with Crippen LogP contribution >= 0.6 is 0 Å². The van der Waals surface area contributed by atoms with Crippen molar-refractivity contribution in [2.45, 2.75) is 0 Å². The molecule has 2 aromatic rings. The van der Waals surface area contributed by atoms with Crippen molar-refractivity contribution in [3.05, 3.63) is 30.5 Å². The third-order valence-electron chi connectivity index (χ3n) is 2.74. The summed E-state index contributed by atoms with van der Waals surface area (Å²) in [7, 11) is 1.99. The molecule has 2 rings (SSSR count). The van der Waals surface area contributed by atoms with Crippen molar-refractivity contribution in [3.63, 3.8) is 0 Å². The fourth-order valence-electron chi connectivity index (χ4n) is 1.79. The van der Waals surface area contributed by atoms with Crippen LogP contribution in [0.25, 0.3) is 10.9 Å². The van der Waals surface area contributed by atoms with E-state index in [4.69, 9.17) is 9.84 Å². The molecule has 0 radical (unpaired) electrons. The lowest BCUT2D eigenvalue weighted by atomic mass is 10.2. The second kappa shape index (κ2) is 6.28. The summed E-state index contributed by atoms with van der Waals surface area (Å²) < 4.78 is 5.26. The predicted molar refractivity (Wildman–Crippen MR) is 70.7 cm³/mol. The van der Waals surface area contributed by atoms with E-state index in [9.17, 15) is 0 Å². The minimum atomic E-state index is 0.0590. The quantitative estimate of drug-likeness (QED) is 0.774. The normalized spacial score (nSPS) is 10.8. The minimum Gasteiger partial charge on any atom is -0.394 e. The number of nitrogens with zero attached hydrogens (tertiary/aromatic N) is 3. The first-order chi connectivity index (χ1) is 8.83. The Morgan fingerprint density at radius 2 is 2.11 bits per heavy atom. The highest BCUT2D eigenvalue weighted by Gasteiger charge is 2.06. The number of hydrogen-bond acceptors (Lipinski definition) is 5. The van der Waals surface area contributed by atoms with E-state index in [-0.39, 0.29) is 6.61 Å². The average molecular weight is 247 g/mol. The second-order valence-corrected chi connectivity index (χ2v) is 4.00. The molecule has 0 fully saturated rings. The standard InChI is InChI=1S/C13H17N3O2/c1-16(6-8-18-9-7-17)13-10-14-15-12-5-3-2-4-11(12)13/h2-5,10,17H,6-9H2,1H3. The van der Waals surface area contributed by atoms with E-state index in [1.165, 1.54) is 0 Å². The fraction of sp³-hybridized carbons (Fsp3) is 0.385. The fourth-order valence-corrected chi connectivity index (χ4v) is 1.79. The molecule has 1 aromatic carbocycles. The maximum Gasteiger partial charge on any atom is 0.0950 e. The van der Waals surface area contributed by atoms with Crippen LogP contribution in [0.5, 0.6) is 0 Å². The zero-order valence-corrected chi connectivity index (χ0v) is 10.4. The van der Waals surface area contributed by atoms with E-state index in [2.05, 4.69) is 15.1 Å². The molecule has 0 saturated carbocycles. The lowest BCUT2D eigenvalue weighted by Gasteiger charge is -2.20. The van der Waals surface area contributed by atoms with Crippen LogP contribution in [-0.2, 0) is 4.74 Å². The predicted octanol–water partition coefficient (Wildman–Crippen LogP) is 1.07. The SMILES string of the molecule is CN(CCOCCO)c1cnnc2ccccc12. The monoisotopic (exact) mass is 247 g/mol. The number of hydrogen-bond donors (Lipinski definition) is 1. The van der Waals surface area contributed by atoms with E-state index < -0.39 is 0 Å². The van der Waals surface area contributed by atoms with E-state index >= 15 is 0 Å². The molecule has 0 atom stereocenters. The molecule has 1 aromatic heterocycles. The van der Waals surface area contributed by atoms with Gasteiger partial charge in [0.25, 0.3) is 0 Å². The van der Waals surface area contributed by atoms with Crippen LogP contribution in [0.1, 0.15) is 0 Å². The Hall–Kier alpha value is -1.72. The van der Waals surface area contributed by atoms with Gasteiger partial charge in [-0.3, -0.25) is 0 Å². The molecule has 0 unspecified atom stereocenters. The Morgan fingerprint density at radius 3 is 2.94 bits per heavy atom. The van der Waals surface area contributed by atoms with Gasteiger partial charge in [-0.05, 0) is 6.07 Å². The number of aliphatic hydroxyl groups excluding tert-OH is 1. The van der Waals surface area contributed by atoms with Gasteiger partial charge < -0.3 is 14.7 Å². The number of benzene rings is 1. The summed E-state index contributed by atoms with van der Waals surface area (Å²) >= 11 is 0. The van der Waals surface area contributed by atoms with Crippen LogP contribution in [0.3, 0.4) is 0 Å². The molecule has 0 saturated heterocycles. The van der Waals surface area contributed by atoms with Crippen molar-refractivity contribution >= 4 is 16.6 Å². The van der Waals surface area contributed by atoms with Gasteiger partial charge in [-0.1, -0.05) is 18.2 Å². The summed E-state index contributed by atoms with van der Waals surface area (Å²) in [6, 6.07) is 7.92. The van der Waals surface area contributed by atoms with Crippen LogP contribution in [0, 0.1) is 0 Å². The second-order valence-electron chi connectivity index (χ2n) is 4.00. The molecule has 0 spiro atoms. The highest BCUT2D eigenvalue weighted by atomic mass is 16.5. The third-order valence-corrected chi connectivity index (χ3v) is 2.74. The van der Waals surface area contributed by atoms with Crippen molar-refractivity contribution in [1.82, 2.24) is 10.2 Å². The largest absolute Gasteiger partial charge is 0.394 e. The van der Waals surface area contributed by atoms with Crippen LogP contribution in [0.15, 0.2) is 30.5 Å². The van der Waals surface area contributed by atoms with Crippen molar-refractivity contribution in [2.75, 3.05) is 38.3 Å². The summed E-state index contributed by atoms with van der Waals surface area (Å²) in [5, 5.41) is 17.8. The van der Waals surface area contributed by atoms with Crippen LogP contribution in [0.2, 0.25) is 0 Å².